The Balaban J connectivity index is 1.56. The molecular weight excluding hydrogens is 453 g/mol. The minimum Gasteiger partial charge on any atom is -0.406 e. The van der Waals surface area contributed by atoms with Crippen LogP contribution in [-0.4, -0.2) is 65.5 Å². The summed E-state index contributed by atoms with van der Waals surface area (Å²) in [5, 5.41) is 10.3. The Bertz CT molecular complexity index is 949. The fourth-order valence-corrected chi connectivity index (χ4v) is 3.93. The molecule has 3 rings (SSSR count). The van der Waals surface area contributed by atoms with Crippen LogP contribution in [-0.2, 0) is 16.0 Å². The predicted molar refractivity (Wildman–Crippen MR) is 118 cm³/mol. The molecule has 34 heavy (non-hydrogen) atoms. The number of carbonyl (C=O) groups is 2. The van der Waals surface area contributed by atoms with Crippen LogP contribution in [0.25, 0.3) is 0 Å². The van der Waals surface area contributed by atoms with E-state index in [-0.39, 0.29) is 18.1 Å². The number of nitrogens with zero attached hydrogens (tertiary/aromatic N) is 3. The van der Waals surface area contributed by atoms with Crippen LogP contribution in [0.3, 0.4) is 0 Å². The molecule has 11 heteroatoms. The summed E-state index contributed by atoms with van der Waals surface area (Å²) in [6.45, 7) is 1.96. The summed E-state index contributed by atoms with van der Waals surface area (Å²) in [5.74, 6) is -1.82. The number of rotatable bonds is 9. The number of hydrogen-bond donors (Lipinski definition) is 2. The molecule has 2 atom stereocenters. The van der Waals surface area contributed by atoms with E-state index < -0.39 is 24.3 Å². The number of hydrogen-bond acceptors (Lipinski definition) is 6. The van der Waals surface area contributed by atoms with Crippen molar-refractivity contribution < 1.29 is 32.6 Å². The van der Waals surface area contributed by atoms with Crippen molar-refractivity contribution in [1.29, 1.82) is 0 Å². The number of aromatic nitrogens is 1. The molecule has 0 bridgehead atoms. The van der Waals surface area contributed by atoms with Gasteiger partial charge in [0.05, 0.1) is 5.92 Å². The van der Waals surface area contributed by atoms with Gasteiger partial charge in [-0.3, -0.25) is 9.59 Å². The summed E-state index contributed by atoms with van der Waals surface area (Å²) in [5.41, 5.74) is 6.00. The number of halogens is 3. The number of anilines is 1. The Hall–Kier alpha value is -3.34. The molecule has 2 heterocycles. The molecule has 1 aromatic carbocycles. The largest absolute Gasteiger partial charge is 0.573 e. The van der Waals surface area contributed by atoms with Gasteiger partial charge in [0.25, 0.3) is 0 Å². The lowest BCUT2D eigenvalue weighted by molar-refractivity contribution is -0.274. The number of aliphatic hydroxyl groups excluding tert-OH is 1. The van der Waals surface area contributed by atoms with E-state index in [1.165, 1.54) is 24.3 Å². The van der Waals surface area contributed by atoms with Crippen LogP contribution in [0, 0.1) is 5.92 Å². The predicted octanol–water partition coefficient (Wildman–Crippen LogP) is 2.11. The zero-order valence-corrected chi connectivity index (χ0v) is 18.4. The van der Waals surface area contributed by atoms with Gasteiger partial charge in [0.15, 0.2) is 0 Å². The van der Waals surface area contributed by atoms with Gasteiger partial charge in [0.2, 0.25) is 11.8 Å². The van der Waals surface area contributed by atoms with Crippen molar-refractivity contribution in [1.82, 2.24) is 9.88 Å². The normalized spacial score (nSPS) is 16.1. The van der Waals surface area contributed by atoms with E-state index in [1.54, 1.807) is 11.1 Å². The zero-order chi connectivity index (χ0) is 24.7. The smallest absolute Gasteiger partial charge is 0.406 e. The van der Waals surface area contributed by atoms with E-state index in [2.05, 4.69) is 14.6 Å². The number of piperazine rings is 1. The molecule has 3 N–H and O–H groups in total. The molecule has 1 aliphatic rings. The van der Waals surface area contributed by atoms with Crippen molar-refractivity contribution in [2.75, 3.05) is 31.1 Å². The average Bonchev–Trinajstić information content (AvgIpc) is 2.82. The van der Waals surface area contributed by atoms with Crippen molar-refractivity contribution in [2.45, 2.75) is 31.7 Å². The van der Waals surface area contributed by atoms with Gasteiger partial charge >= 0.3 is 6.36 Å². The summed E-state index contributed by atoms with van der Waals surface area (Å²) >= 11 is 0. The van der Waals surface area contributed by atoms with Gasteiger partial charge in [-0.05, 0) is 49.1 Å². The monoisotopic (exact) mass is 480 g/mol. The summed E-state index contributed by atoms with van der Waals surface area (Å²) in [7, 11) is 0. The van der Waals surface area contributed by atoms with Crippen molar-refractivity contribution in [3.63, 3.8) is 0 Å². The molecule has 184 valence electrons. The summed E-state index contributed by atoms with van der Waals surface area (Å²) < 4.78 is 40.7. The Morgan fingerprint density at radius 2 is 1.76 bits per heavy atom. The van der Waals surface area contributed by atoms with Crippen LogP contribution in [0.15, 0.2) is 48.7 Å². The number of aryl methyl sites for hydroxylation is 1. The van der Waals surface area contributed by atoms with Crippen LogP contribution < -0.4 is 15.4 Å². The number of aliphatic hydroxyl groups is 1. The first kappa shape index (κ1) is 25.3. The fourth-order valence-electron chi connectivity index (χ4n) is 3.93. The topological polar surface area (TPSA) is 109 Å². The van der Waals surface area contributed by atoms with Crippen LogP contribution in [0.4, 0.5) is 19.0 Å². The van der Waals surface area contributed by atoms with Gasteiger partial charge < -0.3 is 25.4 Å². The maximum Gasteiger partial charge on any atom is 0.573 e. The molecule has 1 aliphatic heterocycles. The van der Waals surface area contributed by atoms with E-state index in [4.69, 9.17) is 5.73 Å². The second-order valence-electron chi connectivity index (χ2n) is 8.04. The van der Waals surface area contributed by atoms with Crippen molar-refractivity contribution in [3.05, 3.63) is 54.2 Å². The second kappa shape index (κ2) is 11.2. The highest BCUT2D eigenvalue weighted by Gasteiger charge is 2.35. The highest BCUT2D eigenvalue weighted by atomic mass is 19.4. The van der Waals surface area contributed by atoms with E-state index >= 15 is 0 Å². The standard InChI is InChI=1S/C23H27F3N4O4/c24-23(25,26)34-17-9-7-16(8-10-17)4-3-5-18(20(31)21(27)32)22(33)30-14-12-29(13-15-30)19-6-1-2-11-28-19/h1-2,6-11,18,20,31H,3-5,12-15H2,(H2,27,32)/t18?,20-/m0/s1. The number of alkyl halides is 3. The quantitative estimate of drug-likeness (QED) is 0.569. The van der Waals surface area contributed by atoms with Crippen LogP contribution in [0.1, 0.15) is 18.4 Å². The van der Waals surface area contributed by atoms with Gasteiger partial charge in [0, 0.05) is 32.4 Å². The third-order valence-electron chi connectivity index (χ3n) is 5.69. The summed E-state index contributed by atoms with van der Waals surface area (Å²) in [6.07, 6.45) is -3.62. The maximum absolute atomic E-state index is 13.1. The highest BCUT2D eigenvalue weighted by molar-refractivity contribution is 5.88. The highest BCUT2D eigenvalue weighted by Crippen LogP contribution is 2.24. The number of benzene rings is 1. The van der Waals surface area contributed by atoms with Gasteiger partial charge in [-0.2, -0.15) is 0 Å². The Morgan fingerprint density at radius 1 is 1.09 bits per heavy atom. The van der Waals surface area contributed by atoms with Crippen LogP contribution in [0.2, 0.25) is 0 Å². The lowest BCUT2D eigenvalue weighted by Crippen LogP contribution is -2.53. The minimum absolute atomic E-state index is 0.199. The number of primary amides is 1. The van der Waals surface area contributed by atoms with E-state index in [9.17, 15) is 27.9 Å². The van der Waals surface area contributed by atoms with E-state index in [0.29, 0.717) is 39.0 Å². The zero-order valence-electron chi connectivity index (χ0n) is 18.4. The molecule has 1 saturated heterocycles. The van der Waals surface area contributed by atoms with E-state index in [0.717, 1.165) is 11.4 Å². The van der Waals surface area contributed by atoms with Crippen molar-refractivity contribution in [2.24, 2.45) is 11.7 Å². The average molecular weight is 480 g/mol. The van der Waals surface area contributed by atoms with Gasteiger partial charge in [-0.25, -0.2) is 4.98 Å². The molecule has 1 fully saturated rings. The third kappa shape index (κ3) is 7.08. The maximum atomic E-state index is 13.1. The van der Waals surface area contributed by atoms with Crippen LogP contribution in [0.5, 0.6) is 5.75 Å². The third-order valence-corrected chi connectivity index (χ3v) is 5.69. The lowest BCUT2D eigenvalue weighted by Gasteiger charge is -2.37. The van der Waals surface area contributed by atoms with E-state index in [1.807, 2.05) is 18.2 Å². The Morgan fingerprint density at radius 3 is 2.32 bits per heavy atom. The molecule has 0 saturated carbocycles. The summed E-state index contributed by atoms with van der Waals surface area (Å²) in [4.78, 5) is 32.7. The molecule has 0 spiro atoms. The van der Waals surface area contributed by atoms with Gasteiger partial charge in [-0.1, -0.05) is 18.2 Å². The molecule has 2 aromatic rings. The van der Waals surface area contributed by atoms with Crippen LogP contribution >= 0.6 is 0 Å². The number of carbonyl (C=O) groups excluding carboxylic acids is 2. The second-order valence-corrected chi connectivity index (χ2v) is 8.04. The fraction of sp³-hybridized carbons (Fsp3) is 0.435. The number of amides is 2. The lowest BCUT2D eigenvalue weighted by atomic mass is 9.92. The molecule has 0 radical (unpaired) electrons. The molecule has 2 amide bonds. The minimum atomic E-state index is -4.76. The molecule has 1 unspecified atom stereocenters. The molecule has 0 aliphatic carbocycles. The first-order valence-electron chi connectivity index (χ1n) is 10.9. The Labute approximate surface area is 195 Å². The van der Waals surface area contributed by atoms with Gasteiger partial charge in [0.1, 0.15) is 17.7 Å². The van der Waals surface area contributed by atoms with Gasteiger partial charge in [-0.15, -0.1) is 13.2 Å². The Kier molecular flexibility index (Phi) is 8.32. The number of nitrogens with two attached hydrogens (primary N) is 1. The first-order valence-corrected chi connectivity index (χ1v) is 10.9. The summed E-state index contributed by atoms with van der Waals surface area (Å²) in [6, 6.07) is 11.0. The molecule has 1 aromatic heterocycles. The van der Waals surface area contributed by atoms with Crippen molar-refractivity contribution in [3.8, 4) is 5.75 Å². The number of pyridine rings is 1. The first-order chi connectivity index (χ1) is 16.1. The van der Waals surface area contributed by atoms with Crippen molar-refractivity contribution >= 4 is 17.6 Å². The molecule has 8 nitrogen and oxygen atoms in total. The number of ether oxygens (including phenoxy) is 1. The SMILES string of the molecule is NC(=O)[C@@H](O)C(CCCc1ccc(OC(F)(F)F)cc1)C(=O)N1CCN(c2ccccn2)CC1. The molecular formula is C23H27F3N4O4.